The van der Waals surface area contributed by atoms with Crippen molar-refractivity contribution in [3.8, 4) is 6.07 Å². The number of nitrogens with zero attached hydrogens (tertiary/aromatic N) is 5. The lowest BCUT2D eigenvalue weighted by Crippen LogP contribution is -2.19. The van der Waals surface area contributed by atoms with Crippen LogP contribution in [0.15, 0.2) is 41.1 Å². The smallest absolute Gasteiger partial charge is 0.226 e. The molecule has 1 aromatic carbocycles. The molecule has 6 heteroatoms. The lowest BCUT2D eigenvalue weighted by molar-refractivity contribution is 0.445. The molecule has 0 amide bonds. The van der Waals surface area contributed by atoms with Gasteiger partial charge in [-0.1, -0.05) is 17.3 Å². The van der Waals surface area contributed by atoms with Crippen molar-refractivity contribution >= 4 is 16.9 Å². The van der Waals surface area contributed by atoms with E-state index in [-0.39, 0.29) is 0 Å². The van der Waals surface area contributed by atoms with Crippen LogP contribution in [-0.2, 0) is 6.54 Å². The van der Waals surface area contributed by atoms with Gasteiger partial charge in [-0.05, 0) is 18.2 Å². The number of anilines is 1. The molecule has 2 heterocycles. The van der Waals surface area contributed by atoms with E-state index in [1.165, 1.54) is 0 Å². The Morgan fingerprint density at radius 1 is 1.30 bits per heavy atom. The highest BCUT2D eigenvalue weighted by Gasteiger charge is 2.12. The van der Waals surface area contributed by atoms with E-state index >= 15 is 0 Å². The van der Waals surface area contributed by atoms with Crippen LogP contribution in [0, 0.1) is 11.3 Å². The fraction of sp³-hybridized carbons (Fsp3) is 0.143. The summed E-state index contributed by atoms with van der Waals surface area (Å²) in [6, 6.07) is 11.2. The minimum Gasteiger partial charge on any atom is -0.356 e. The number of hydrogen-bond donors (Lipinski definition) is 0. The highest BCUT2D eigenvalue weighted by atomic mass is 16.5. The first-order valence-corrected chi connectivity index (χ1v) is 6.05. The molecule has 0 atom stereocenters. The molecular weight excluding hydrogens is 254 g/mol. The number of fused-ring (bicyclic) bond motifs is 1. The summed E-state index contributed by atoms with van der Waals surface area (Å²) in [6.07, 6.45) is 1.57. The minimum absolute atomic E-state index is 0.340. The molecule has 0 spiro atoms. The molecule has 0 fully saturated rings. The predicted octanol–water partition coefficient (Wildman–Crippen LogP) is 2.13. The van der Waals surface area contributed by atoms with E-state index in [9.17, 15) is 0 Å². The molecule has 0 radical (unpaired) electrons. The first kappa shape index (κ1) is 12.1. The molecular formula is C14H11N5O. The van der Waals surface area contributed by atoms with E-state index in [1.54, 1.807) is 12.3 Å². The van der Waals surface area contributed by atoms with E-state index in [4.69, 9.17) is 9.78 Å². The highest BCUT2D eigenvalue weighted by Crippen LogP contribution is 2.20. The van der Waals surface area contributed by atoms with E-state index < -0.39 is 0 Å². The summed E-state index contributed by atoms with van der Waals surface area (Å²) >= 11 is 0. The summed E-state index contributed by atoms with van der Waals surface area (Å²) in [5.74, 6) is 0.483. The maximum Gasteiger partial charge on any atom is 0.226 e. The van der Waals surface area contributed by atoms with E-state index in [0.29, 0.717) is 18.2 Å². The van der Waals surface area contributed by atoms with Crippen LogP contribution in [0.3, 0.4) is 0 Å². The van der Waals surface area contributed by atoms with Crippen LogP contribution in [0.5, 0.6) is 0 Å². The van der Waals surface area contributed by atoms with Gasteiger partial charge in [0.05, 0.1) is 6.54 Å². The predicted molar refractivity (Wildman–Crippen MR) is 72.9 cm³/mol. The molecule has 98 valence electrons. The van der Waals surface area contributed by atoms with Gasteiger partial charge in [0.1, 0.15) is 17.5 Å². The maximum absolute atomic E-state index is 8.86. The molecule has 20 heavy (non-hydrogen) atoms. The average molecular weight is 265 g/mol. The molecule has 2 aromatic heterocycles. The summed E-state index contributed by atoms with van der Waals surface area (Å²) in [4.78, 5) is 10.1. The second-order valence-corrected chi connectivity index (χ2v) is 4.34. The average Bonchev–Trinajstić information content (AvgIpc) is 2.90. The van der Waals surface area contributed by atoms with Gasteiger partial charge < -0.3 is 9.42 Å². The van der Waals surface area contributed by atoms with Gasteiger partial charge in [0.25, 0.3) is 0 Å². The van der Waals surface area contributed by atoms with Crippen LogP contribution < -0.4 is 4.90 Å². The number of nitriles is 1. The zero-order valence-corrected chi connectivity index (χ0v) is 10.8. The zero-order valence-electron chi connectivity index (χ0n) is 10.8. The summed E-state index contributed by atoms with van der Waals surface area (Å²) < 4.78 is 5.26. The third-order valence-electron chi connectivity index (χ3n) is 2.94. The van der Waals surface area contributed by atoms with Crippen molar-refractivity contribution in [3.05, 3.63) is 47.9 Å². The third kappa shape index (κ3) is 2.17. The topological polar surface area (TPSA) is 78.8 Å². The summed E-state index contributed by atoms with van der Waals surface area (Å²) in [5.41, 5.74) is 1.91. The molecule has 6 nitrogen and oxygen atoms in total. The molecule has 0 unspecified atom stereocenters. The lowest BCUT2D eigenvalue weighted by Gasteiger charge is -2.15. The molecule has 0 aliphatic carbocycles. The van der Waals surface area contributed by atoms with Gasteiger partial charge in [-0.25, -0.2) is 9.97 Å². The third-order valence-corrected chi connectivity index (χ3v) is 2.94. The Hall–Kier alpha value is -2.94. The first-order chi connectivity index (χ1) is 9.78. The van der Waals surface area contributed by atoms with Crippen molar-refractivity contribution in [1.29, 1.82) is 5.26 Å². The minimum atomic E-state index is 0.340. The molecule has 0 aliphatic heterocycles. The summed E-state index contributed by atoms with van der Waals surface area (Å²) in [5, 5.41) is 13.9. The van der Waals surface area contributed by atoms with Gasteiger partial charge in [-0.3, -0.25) is 0 Å². The number of hydrogen-bond acceptors (Lipinski definition) is 6. The van der Waals surface area contributed by atoms with Crippen LogP contribution in [0.1, 0.15) is 11.4 Å². The molecule has 3 rings (SSSR count). The quantitative estimate of drug-likeness (QED) is 0.721. The number of benzene rings is 1. The van der Waals surface area contributed by atoms with Crippen molar-refractivity contribution < 1.29 is 4.52 Å². The van der Waals surface area contributed by atoms with E-state index in [0.717, 1.165) is 16.7 Å². The number of aromatic nitrogens is 3. The normalized spacial score (nSPS) is 10.4. The Morgan fingerprint density at radius 3 is 3.00 bits per heavy atom. The van der Waals surface area contributed by atoms with Crippen LogP contribution >= 0.6 is 0 Å². The van der Waals surface area contributed by atoms with Crippen LogP contribution in [0.4, 0.5) is 5.95 Å². The largest absolute Gasteiger partial charge is 0.356 e. The van der Waals surface area contributed by atoms with Gasteiger partial charge in [0, 0.05) is 18.6 Å². The van der Waals surface area contributed by atoms with Gasteiger partial charge in [0.15, 0.2) is 5.58 Å². The van der Waals surface area contributed by atoms with Crippen molar-refractivity contribution in [2.75, 3.05) is 11.9 Å². The van der Waals surface area contributed by atoms with E-state index in [1.807, 2.05) is 42.3 Å². The molecule has 0 N–H and O–H groups in total. The summed E-state index contributed by atoms with van der Waals surface area (Å²) in [7, 11) is 1.85. The van der Waals surface area contributed by atoms with Gasteiger partial charge in [-0.2, -0.15) is 5.26 Å². The van der Waals surface area contributed by atoms with Gasteiger partial charge >= 0.3 is 0 Å². The Balaban J connectivity index is 1.88. The second-order valence-electron chi connectivity index (χ2n) is 4.34. The molecule has 0 saturated carbocycles. The highest BCUT2D eigenvalue weighted by molar-refractivity contribution is 5.79. The van der Waals surface area contributed by atoms with Gasteiger partial charge in [0.2, 0.25) is 5.95 Å². The Labute approximate surface area is 115 Å². The van der Waals surface area contributed by atoms with Crippen LogP contribution in [0.25, 0.3) is 11.0 Å². The standard InChI is InChI=1S/C14H11N5O/c1-19(14-16-7-6-10(8-15)17-14)9-12-11-4-2-3-5-13(11)20-18-12/h2-7H,9H2,1H3. The fourth-order valence-electron chi connectivity index (χ4n) is 1.94. The molecule has 0 bridgehead atoms. The van der Waals surface area contributed by atoms with Gasteiger partial charge in [-0.15, -0.1) is 0 Å². The number of rotatable bonds is 3. The SMILES string of the molecule is CN(Cc1noc2ccccc12)c1nccc(C#N)n1. The molecule has 0 saturated heterocycles. The molecule has 3 aromatic rings. The first-order valence-electron chi connectivity index (χ1n) is 6.05. The molecule has 0 aliphatic rings. The van der Waals surface area contributed by atoms with Crippen molar-refractivity contribution in [2.24, 2.45) is 0 Å². The maximum atomic E-state index is 8.86. The van der Waals surface area contributed by atoms with Crippen LogP contribution in [-0.4, -0.2) is 22.2 Å². The Kier molecular flexibility index (Phi) is 3.01. The number of para-hydroxylation sites is 1. The van der Waals surface area contributed by atoms with Crippen molar-refractivity contribution in [2.45, 2.75) is 6.54 Å². The fourth-order valence-corrected chi connectivity index (χ4v) is 1.94. The van der Waals surface area contributed by atoms with Crippen molar-refractivity contribution in [3.63, 3.8) is 0 Å². The van der Waals surface area contributed by atoms with E-state index in [2.05, 4.69) is 15.1 Å². The van der Waals surface area contributed by atoms with Crippen LogP contribution in [0.2, 0.25) is 0 Å². The Morgan fingerprint density at radius 2 is 2.15 bits per heavy atom. The summed E-state index contributed by atoms with van der Waals surface area (Å²) in [6.45, 7) is 0.506. The van der Waals surface area contributed by atoms with Crippen molar-refractivity contribution in [1.82, 2.24) is 15.1 Å². The lowest BCUT2D eigenvalue weighted by atomic mass is 10.2. The Bertz CT molecular complexity index is 789. The monoisotopic (exact) mass is 265 g/mol. The second kappa shape index (κ2) is 4.97. The zero-order chi connectivity index (χ0) is 13.9.